The van der Waals surface area contributed by atoms with Crippen LogP contribution in [0.2, 0.25) is 0 Å². The number of carbonyl (C=O) groups excluding carboxylic acids is 1. The summed E-state index contributed by atoms with van der Waals surface area (Å²) in [7, 11) is 1.51. The van der Waals surface area contributed by atoms with Gasteiger partial charge >= 0.3 is 6.18 Å². The fourth-order valence-electron chi connectivity index (χ4n) is 1.71. The maximum Gasteiger partial charge on any atom is 0.401 e. The number of para-hydroxylation sites is 1. The van der Waals surface area contributed by atoms with E-state index in [4.69, 9.17) is 4.74 Å². The molecule has 0 bridgehead atoms. The average molecular weight is 290 g/mol. The average Bonchev–Trinajstić information content (AvgIpc) is 2.37. The highest BCUT2D eigenvalue weighted by Gasteiger charge is 2.26. The molecule has 0 saturated heterocycles. The number of carbonyl (C=O) groups is 1. The monoisotopic (exact) mass is 290 g/mol. The molecular weight excluding hydrogens is 273 g/mol. The van der Waals surface area contributed by atoms with Crippen molar-refractivity contribution in [1.29, 1.82) is 0 Å². The quantitative estimate of drug-likeness (QED) is 0.843. The van der Waals surface area contributed by atoms with E-state index in [1.54, 1.807) is 31.2 Å². The van der Waals surface area contributed by atoms with Gasteiger partial charge in [0, 0.05) is 5.56 Å². The molecule has 0 spiro atoms. The number of benzene rings is 1. The molecule has 0 aliphatic carbocycles. The SMILES string of the molecule is COc1ccccc1C(C)NC(=O)CNCC(F)(F)F. The van der Waals surface area contributed by atoms with E-state index >= 15 is 0 Å². The molecule has 20 heavy (non-hydrogen) atoms. The summed E-state index contributed by atoms with van der Waals surface area (Å²) in [5.74, 6) is 0.108. The van der Waals surface area contributed by atoms with Crippen molar-refractivity contribution in [3.05, 3.63) is 29.8 Å². The van der Waals surface area contributed by atoms with Gasteiger partial charge in [-0.25, -0.2) is 0 Å². The van der Waals surface area contributed by atoms with Gasteiger partial charge in [-0.2, -0.15) is 13.2 Å². The predicted molar refractivity (Wildman–Crippen MR) is 68.5 cm³/mol. The molecule has 1 rings (SSSR count). The predicted octanol–water partition coefficient (Wildman–Crippen LogP) is 2.02. The van der Waals surface area contributed by atoms with Crippen molar-refractivity contribution in [2.45, 2.75) is 19.1 Å². The van der Waals surface area contributed by atoms with Crippen LogP contribution in [0.15, 0.2) is 24.3 Å². The first-order chi connectivity index (χ1) is 9.33. The third-order valence-corrected chi connectivity index (χ3v) is 2.59. The molecule has 2 N–H and O–H groups in total. The van der Waals surface area contributed by atoms with Crippen molar-refractivity contribution in [2.24, 2.45) is 0 Å². The summed E-state index contributed by atoms with van der Waals surface area (Å²) < 4.78 is 40.9. The van der Waals surface area contributed by atoms with Crippen molar-refractivity contribution < 1.29 is 22.7 Å². The molecule has 0 heterocycles. The summed E-state index contributed by atoms with van der Waals surface area (Å²) in [4.78, 5) is 11.5. The summed E-state index contributed by atoms with van der Waals surface area (Å²) in [6.45, 7) is 0.155. The largest absolute Gasteiger partial charge is 0.496 e. The van der Waals surface area contributed by atoms with E-state index in [2.05, 4.69) is 5.32 Å². The first-order valence-corrected chi connectivity index (χ1v) is 6.03. The Morgan fingerprint density at radius 1 is 1.35 bits per heavy atom. The fourth-order valence-corrected chi connectivity index (χ4v) is 1.71. The van der Waals surface area contributed by atoms with Crippen LogP contribution in [0.3, 0.4) is 0 Å². The lowest BCUT2D eigenvalue weighted by Gasteiger charge is -2.17. The minimum atomic E-state index is -4.32. The zero-order chi connectivity index (χ0) is 15.2. The molecule has 1 amide bonds. The van der Waals surface area contributed by atoms with Crippen LogP contribution >= 0.6 is 0 Å². The van der Waals surface area contributed by atoms with Crippen LogP contribution in [0.1, 0.15) is 18.5 Å². The van der Waals surface area contributed by atoms with Crippen LogP contribution in [-0.2, 0) is 4.79 Å². The fraction of sp³-hybridized carbons (Fsp3) is 0.462. The molecular formula is C13H17F3N2O2. The summed E-state index contributed by atoms with van der Waals surface area (Å²) in [5, 5.41) is 4.65. The van der Waals surface area contributed by atoms with Crippen LogP contribution in [0.4, 0.5) is 13.2 Å². The molecule has 0 fully saturated rings. The normalized spacial score (nSPS) is 12.8. The van der Waals surface area contributed by atoms with Crippen LogP contribution in [0.25, 0.3) is 0 Å². The summed E-state index contributed by atoms with van der Waals surface area (Å²) in [6.07, 6.45) is -4.32. The number of ether oxygens (including phenoxy) is 1. The first kappa shape index (κ1) is 16.3. The van der Waals surface area contributed by atoms with Crippen LogP contribution in [0, 0.1) is 0 Å². The maximum absolute atomic E-state index is 11.9. The molecule has 1 unspecified atom stereocenters. The Kier molecular flexibility index (Phi) is 5.82. The van der Waals surface area contributed by atoms with Gasteiger partial charge in [0.2, 0.25) is 5.91 Å². The highest BCUT2D eigenvalue weighted by molar-refractivity contribution is 5.78. The number of hydrogen-bond donors (Lipinski definition) is 2. The zero-order valence-electron chi connectivity index (χ0n) is 11.3. The Bertz CT molecular complexity index is 449. The Hall–Kier alpha value is -1.76. The van der Waals surface area contributed by atoms with E-state index < -0.39 is 18.6 Å². The number of halogens is 3. The topological polar surface area (TPSA) is 50.4 Å². The lowest BCUT2D eigenvalue weighted by atomic mass is 10.1. The molecule has 1 aromatic rings. The number of rotatable bonds is 6. The number of methoxy groups -OCH3 is 1. The van der Waals surface area contributed by atoms with E-state index in [1.807, 2.05) is 5.32 Å². The van der Waals surface area contributed by atoms with Gasteiger partial charge in [-0.3, -0.25) is 4.79 Å². The zero-order valence-corrected chi connectivity index (χ0v) is 11.3. The highest BCUT2D eigenvalue weighted by atomic mass is 19.4. The molecule has 4 nitrogen and oxygen atoms in total. The molecule has 7 heteroatoms. The molecule has 0 aliphatic heterocycles. The number of alkyl halides is 3. The second-order valence-electron chi connectivity index (χ2n) is 4.25. The van der Waals surface area contributed by atoms with Crippen molar-refractivity contribution in [1.82, 2.24) is 10.6 Å². The molecule has 112 valence electrons. The van der Waals surface area contributed by atoms with E-state index in [0.29, 0.717) is 5.75 Å². The van der Waals surface area contributed by atoms with E-state index in [9.17, 15) is 18.0 Å². The molecule has 0 aromatic heterocycles. The molecule has 1 atom stereocenters. The first-order valence-electron chi connectivity index (χ1n) is 6.03. The maximum atomic E-state index is 11.9. The third kappa shape index (κ3) is 5.48. The van der Waals surface area contributed by atoms with Crippen molar-refractivity contribution in [3.63, 3.8) is 0 Å². The minimum Gasteiger partial charge on any atom is -0.496 e. The second kappa shape index (κ2) is 7.14. The molecule has 1 aromatic carbocycles. The smallest absolute Gasteiger partial charge is 0.401 e. The van der Waals surface area contributed by atoms with Gasteiger partial charge < -0.3 is 15.4 Å². The van der Waals surface area contributed by atoms with E-state index in [-0.39, 0.29) is 12.6 Å². The van der Waals surface area contributed by atoms with Gasteiger partial charge in [-0.05, 0) is 13.0 Å². The van der Waals surface area contributed by atoms with Crippen LogP contribution in [-0.4, -0.2) is 32.3 Å². The van der Waals surface area contributed by atoms with E-state index in [0.717, 1.165) is 5.56 Å². The molecule has 0 aliphatic rings. The van der Waals surface area contributed by atoms with Crippen LogP contribution < -0.4 is 15.4 Å². The molecule has 0 saturated carbocycles. The Morgan fingerprint density at radius 2 is 2.00 bits per heavy atom. The van der Waals surface area contributed by atoms with Gasteiger partial charge in [-0.15, -0.1) is 0 Å². The second-order valence-corrected chi connectivity index (χ2v) is 4.25. The van der Waals surface area contributed by atoms with Gasteiger partial charge in [0.05, 0.1) is 26.2 Å². The lowest BCUT2D eigenvalue weighted by molar-refractivity contribution is -0.128. The van der Waals surface area contributed by atoms with Gasteiger partial charge in [-0.1, -0.05) is 18.2 Å². The number of amides is 1. The van der Waals surface area contributed by atoms with E-state index in [1.165, 1.54) is 7.11 Å². The van der Waals surface area contributed by atoms with Crippen molar-refractivity contribution >= 4 is 5.91 Å². The minimum absolute atomic E-state index is 0.355. The highest BCUT2D eigenvalue weighted by Crippen LogP contribution is 2.24. The summed E-state index contributed by atoms with van der Waals surface area (Å²) in [5.41, 5.74) is 0.763. The Balaban J connectivity index is 2.49. The number of nitrogens with one attached hydrogen (secondary N) is 2. The number of hydrogen-bond acceptors (Lipinski definition) is 3. The summed E-state index contributed by atoms with van der Waals surface area (Å²) in [6, 6.07) is 6.77. The Morgan fingerprint density at radius 3 is 2.60 bits per heavy atom. The molecule has 0 radical (unpaired) electrons. The van der Waals surface area contributed by atoms with Gasteiger partial charge in [0.1, 0.15) is 5.75 Å². The standard InChI is InChI=1S/C13H17F3N2O2/c1-9(10-5-3-4-6-11(10)20-2)18-12(19)7-17-8-13(14,15)16/h3-6,9,17H,7-8H2,1-2H3,(H,18,19). The third-order valence-electron chi connectivity index (χ3n) is 2.59. The Labute approximate surface area is 115 Å². The van der Waals surface area contributed by atoms with Gasteiger partial charge in [0.15, 0.2) is 0 Å². The van der Waals surface area contributed by atoms with Crippen molar-refractivity contribution in [2.75, 3.05) is 20.2 Å². The van der Waals surface area contributed by atoms with Gasteiger partial charge in [0.25, 0.3) is 0 Å². The lowest BCUT2D eigenvalue weighted by Crippen LogP contribution is -2.39. The summed E-state index contributed by atoms with van der Waals surface area (Å²) >= 11 is 0. The van der Waals surface area contributed by atoms with Crippen LogP contribution in [0.5, 0.6) is 5.75 Å². The van der Waals surface area contributed by atoms with Crippen molar-refractivity contribution in [3.8, 4) is 5.75 Å².